The average Bonchev–Trinajstić information content (AvgIpc) is 3.24. The topological polar surface area (TPSA) is 163 Å². The summed E-state index contributed by atoms with van der Waals surface area (Å²) in [6.45, 7) is 19.4. The molecule has 0 saturated carbocycles. The third kappa shape index (κ3) is 40.0. The molecule has 0 radical (unpaired) electrons. The quantitative estimate of drug-likeness (QED) is 0.0310. The number of ether oxygens (including phenoxy) is 4. The van der Waals surface area contributed by atoms with E-state index < -0.39 is 30.0 Å². The van der Waals surface area contributed by atoms with Crippen molar-refractivity contribution in [1.82, 2.24) is 0 Å². The van der Waals surface area contributed by atoms with Crippen molar-refractivity contribution < 1.29 is 58.8 Å². The van der Waals surface area contributed by atoms with Crippen LogP contribution in [0.1, 0.15) is 231 Å². The first-order chi connectivity index (χ1) is 30.6. The second-order valence-corrected chi connectivity index (χ2v) is 18.3. The number of unbranched alkanes of at least 4 members (excludes halogenated alkanes) is 12. The van der Waals surface area contributed by atoms with E-state index in [4.69, 9.17) is 34.0 Å². The number of hydrogen-bond acceptors (Lipinski definition) is 9. The predicted molar refractivity (Wildman–Crippen MR) is 272 cm³/mol. The molecule has 2 rings (SSSR count). The van der Waals surface area contributed by atoms with E-state index in [0.29, 0.717) is 48.7 Å². The molecule has 0 unspecified atom stereocenters. The van der Waals surface area contributed by atoms with E-state index in [0.717, 1.165) is 101 Å². The van der Waals surface area contributed by atoms with Crippen molar-refractivity contribution in [2.45, 2.75) is 184 Å². The fourth-order valence-electron chi connectivity index (χ4n) is 6.68. The molecule has 0 heterocycles. The van der Waals surface area contributed by atoms with Crippen LogP contribution in [-0.4, -0.2) is 142 Å². The zero-order valence-corrected chi connectivity index (χ0v) is 46.8. The van der Waals surface area contributed by atoms with Crippen molar-refractivity contribution in [3.63, 3.8) is 0 Å². The summed E-state index contributed by atoms with van der Waals surface area (Å²) in [6, 6.07) is 13.5. The van der Waals surface area contributed by atoms with Gasteiger partial charge in [-0.05, 0) is 73.6 Å². The fourth-order valence-corrected chi connectivity index (χ4v) is 6.68. The average molecular weight is 983 g/mol. The maximum absolute atomic E-state index is 12.4. The molecule has 0 fully saturated rings. The van der Waals surface area contributed by atoms with Gasteiger partial charge in [-0.3, -0.25) is 0 Å². The Morgan fingerprint density at radius 1 is 0.364 bits per heavy atom. The zero-order chi connectivity index (χ0) is 48.0. The van der Waals surface area contributed by atoms with E-state index in [1.54, 1.807) is 48.5 Å². The van der Waals surface area contributed by atoms with Crippen LogP contribution in [0.4, 0.5) is 4.79 Å². The number of rotatable bonds is 32. The molecule has 0 amide bonds. The van der Waals surface area contributed by atoms with Crippen molar-refractivity contribution in [2.24, 2.45) is 23.7 Å². The Balaban J connectivity index is -0.000000195. The van der Waals surface area contributed by atoms with Gasteiger partial charge in [-0.15, -0.1) is 0 Å². The molecule has 2 aromatic rings. The summed E-state index contributed by atoms with van der Waals surface area (Å²) in [5.41, 5.74) is 1.16. The normalized spacial score (nSPS) is 10.5. The standard InChI is InChI=1S/2C26H42O4.CH2O3.2Ca.4H/c2*1-21(2)15-9-5-7-13-19-29-25(27)23-17-11-12-18-24(23)26(28)30-20-14-8-6-10-16-22(3)4;2-1(3)4;;;;;;/h2*11-12,17-18,21-22H,5-10,13-16,19-20H2,1-4H3;(H2,2,3,4);;;;;;/q;;;2*+2;4*-1. The van der Waals surface area contributed by atoms with E-state index in [9.17, 15) is 19.2 Å². The minimum Gasteiger partial charge on any atom is -1.00 e. The number of esters is 4. The largest absolute Gasteiger partial charge is 2.00 e. The third-order valence-electron chi connectivity index (χ3n) is 10.4. The van der Waals surface area contributed by atoms with Gasteiger partial charge >= 0.3 is 106 Å². The van der Waals surface area contributed by atoms with E-state index in [2.05, 4.69) is 55.4 Å². The Morgan fingerprint density at radius 3 is 0.697 bits per heavy atom. The van der Waals surface area contributed by atoms with E-state index in [-0.39, 0.29) is 81.2 Å². The van der Waals surface area contributed by atoms with Gasteiger partial charge in [0.05, 0.1) is 48.7 Å². The van der Waals surface area contributed by atoms with Crippen LogP contribution in [0, 0.1) is 23.7 Å². The molecular formula is C53H90Ca2O11. The molecule has 0 aromatic heterocycles. The van der Waals surface area contributed by atoms with Crippen LogP contribution in [0.25, 0.3) is 0 Å². The molecule has 0 saturated heterocycles. The van der Waals surface area contributed by atoms with Crippen molar-refractivity contribution in [3.8, 4) is 0 Å². The molecular weight excluding hydrogens is 893 g/mol. The zero-order valence-electron chi connectivity index (χ0n) is 46.4. The predicted octanol–water partition coefficient (Wildman–Crippen LogP) is 14.3. The molecule has 66 heavy (non-hydrogen) atoms. The van der Waals surface area contributed by atoms with Crippen molar-refractivity contribution in [1.29, 1.82) is 0 Å². The SMILES string of the molecule is CC(C)CCCCCCOC(=O)c1ccccc1C(=O)OCCCCCCC(C)C.CC(C)CCCCCCOC(=O)c1ccccc1C(=O)OCCCCCCC(C)C.O=C(O)O.[Ca+2].[Ca+2].[H-].[H-].[H-].[H-]. The molecule has 0 bridgehead atoms. The van der Waals surface area contributed by atoms with Crippen LogP contribution in [-0.2, 0) is 18.9 Å². The van der Waals surface area contributed by atoms with Gasteiger partial charge in [0.2, 0.25) is 0 Å². The number of benzene rings is 2. The molecule has 0 aliphatic carbocycles. The summed E-state index contributed by atoms with van der Waals surface area (Å²) in [4.78, 5) is 58.2. The van der Waals surface area contributed by atoms with Crippen LogP contribution >= 0.6 is 0 Å². The van der Waals surface area contributed by atoms with Gasteiger partial charge in [-0.1, -0.05) is 182 Å². The molecule has 0 aliphatic rings. The number of hydrogen-bond donors (Lipinski definition) is 2. The molecule has 13 heteroatoms. The first-order valence-electron chi connectivity index (χ1n) is 24.3. The molecule has 2 aromatic carbocycles. The van der Waals surface area contributed by atoms with Gasteiger partial charge in [0, 0.05) is 0 Å². The second kappa shape index (κ2) is 45.5. The van der Waals surface area contributed by atoms with Crippen molar-refractivity contribution >= 4 is 106 Å². The molecule has 0 spiro atoms. The van der Waals surface area contributed by atoms with Crippen molar-refractivity contribution in [3.05, 3.63) is 70.8 Å². The van der Waals surface area contributed by atoms with Gasteiger partial charge in [-0.2, -0.15) is 0 Å². The summed E-state index contributed by atoms with van der Waals surface area (Å²) < 4.78 is 21.6. The molecule has 11 nitrogen and oxygen atoms in total. The maximum Gasteiger partial charge on any atom is 2.00 e. The fraction of sp³-hybridized carbons (Fsp3) is 0.679. The summed E-state index contributed by atoms with van der Waals surface area (Å²) in [5.74, 6) is 1.18. The molecule has 372 valence electrons. The van der Waals surface area contributed by atoms with E-state index in [1.807, 2.05) is 0 Å². The Hall–Kier alpha value is -1.89. The third-order valence-corrected chi connectivity index (χ3v) is 10.4. The van der Waals surface area contributed by atoms with Gasteiger partial charge in [0.1, 0.15) is 0 Å². The number of carboxylic acid groups (broad SMARTS) is 2. The van der Waals surface area contributed by atoms with Gasteiger partial charge in [-0.25, -0.2) is 24.0 Å². The summed E-state index contributed by atoms with van der Waals surface area (Å²) >= 11 is 0. The Labute approximate surface area is 464 Å². The van der Waals surface area contributed by atoms with Gasteiger partial charge in [0.25, 0.3) is 0 Å². The van der Waals surface area contributed by atoms with Crippen LogP contribution < -0.4 is 0 Å². The summed E-state index contributed by atoms with van der Waals surface area (Å²) in [5, 5.41) is 13.9. The van der Waals surface area contributed by atoms with Gasteiger partial charge < -0.3 is 34.9 Å². The monoisotopic (exact) mass is 983 g/mol. The first-order valence-corrected chi connectivity index (χ1v) is 24.3. The van der Waals surface area contributed by atoms with Crippen molar-refractivity contribution in [2.75, 3.05) is 26.4 Å². The van der Waals surface area contributed by atoms with E-state index >= 15 is 0 Å². The maximum atomic E-state index is 12.4. The van der Waals surface area contributed by atoms with Crippen LogP contribution in [0.5, 0.6) is 0 Å². The second-order valence-electron chi connectivity index (χ2n) is 18.3. The van der Waals surface area contributed by atoms with Crippen LogP contribution in [0.2, 0.25) is 0 Å². The van der Waals surface area contributed by atoms with Crippen LogP contribution in [0.3, 0.4) is 0 Å². The van der Waals surface area contributed by atoms with E-state index in [1.165, 1.54) is 51.4 Å². The molecule has 0 aliphatic heterocycles. The molecule has 0 atom stereocenters. The Kier molecular flexibility index (Phi) is 47.2. The number of carbonyl (C=O) groups is 5. The minimum atomic E-state index is -1.83. The minimum absolute atomic E-state index is 0. The first kappa shape index (κ1) is 68.4. The summed E-state index contributed by atoms with van der Waals surface area (Å²) in [6.07, 6.45) is 20.3. The smallest absolute Gasteiger partial charge is 1.00 e. The number of carbonyl (C=O) groups excluding carboxylic acids is 4. The Morgan fingerprint density at radius 2 is 0.530 bits per heavy atom. The summed E-state index contributed by atoms with van der Waals surface area (Å²) in [7, 11) is 0. The van der Waals surface area contributed by atoms with Gasteiger partial charge in [0.15, 0.2) is 0 Å². The molecule has 2 N–H and O–H groups in total. The van der Waals surface area contributed by atoms with Crippen LogP contribution in [0.15, 0.2) is 48.5 Å². The Bertz CT molecular complexity index is 1350.